The van der Waals surface area contributed by atoms with Gasteiger partial charge < -0.3 is 15.6 Å². The maximum Gasteiger partial charge on any atom is 0.131 e. The van der Waals surface area contributed by atoms with Crippen molar-refractivity contribution in [3.05, 3.63) is 35.9 Å². The van der Waals surface area contributed by atoms with Crippen LogP contribution in [0.1, 0.15) is 12.5 Å². The maximum atomic E-state index is 9.86. The number of rotatable bonds is 8. The second kappa shape index (κ2) is 8.20. The number of nitrogens with two attached hydrogens (primary N) is 1. The van der Waals surface area contributed by atoms with Gasteiger partial charge in [0.25, 0.3) is 0 Å². The minimum absolute atomic E-state index is 0.308. The van der Waals surface area contributed by atoms with Crippen LogP contribution in [0.3, 0.4) is 0 Å². The second-order valence-electron chi connectivity index (χ2n) is 3.90. The molecule has 0 aromatic heterocycles. The quantitative estimate of drug-likeness (QED) is 0.658. The van der Waals surface area contributed by atoms with Crippen molar-refractivity contribution >= 4 is 0 Å². The molecule has 0 fully saturated rings. The fourth-order valence-corrected chi connectivity index (χ4v) is 1.65. The lowest BCUT2D eigenvalue weighted by molar-refractivity contribution is -0.0595. The van der Waals surface area contributed by atoms with Crippen LogP contribution in [0, 0.1) is 0 Å². The lowest BCUT2D eigenvalue weighted by Crippen LogP contribution is -2.41. The van der Waals surface area contributed by atoms with Gasteiger partial charge in [0.05, 0.1) is 13.2 Å². The third kappa shape index (κ3) is 5.28. The van der Waals surface area contributed by atoms with Crippen LogP contribution in [0.2, 0.25) is 0 Å². The molecular formula is C13H22N2O2. The number of aliphatic hydroxyl groups is 1. The molecule has 0 bridgehead atoms. The molecule has 0 spiro atoms. The van der Waals surface area contributed by atoms with Gasteiger partial charge in [0.2, 0.25) is 0 Å². The van der Waals surface area contributed by atoms with Gasteiger partial charge in [-0.05, 0) is 12.1 Å². The van der Waals surface area contributed by atoms with E-state index in [-0.39, 0.29) is 0 Å². The summed E-state index contributed by atoms with van der Waals surface area (Å²) in [5.74, 6) is 0. The minimum atomic E-state index is -0.577. The summed E-state index contributed by atoms with van der Waals surface area (Å²) in [6, 6.07) is 9.93. The van der Waals surface area contributed by atoms with Crippen LogP contribution < -0.4 is 5.73 Å². The van der Waals surface area contributed by atoms with E-state index in [2.05, 4.69) is 0 Å². The van der Waals surface area contributed by atoms with Crippen LogP contribution in [-0.2, 0) is 11.3 Å². The van der Waals surface area contributed by atoms with Gasteiger partial charge in [0, 0.05) is 13.1 Å². The Morgan fingerprint density at radius 3 is 2.65 bits per heavy atom. The Morgan fingerprint density at radius 2 is 2.06 bits per heavy atom. The Labute approximate surface area is 103 Å². The molecular weight excluding hydrogens is 216 g/mol. The summed E-state index contributed by atoms with van der Waals surface area (Å²) in [6.07, 6.45) is -0.577. The summed E-state index contributed by atoms with van der Waals surface area (Å²) in [4.78, 5) is 1.89. The number of likely N-dealkylation sites (N-methyl/N-ethyl adjacent to an activating group) is 1. The van der Waals surface area contributed by atoms with Gasteiger partial charge >= 0.3 is 0 Å². The van der Waals surface area contributed by atoms with Crippen LogP contribution in [0.25, 0.3) is 0 Å². The van der Waals surface area contributed by atoms with Crippen LogP contribution in [0.4, 0.5) is 0 Å². The van der Waals surface area contributed by atoms with Crippen molar-refractivity contribution in [3.8, 4) is 0 Å². The molecule has 1 atom stereocenters. The Morgan fingerprint density at radius 1 is 1.35 bits per heavy atom. The zero-order chi connectivity index (χ0) is 12.5. The van der Waals surface area contributed by atoms with Crippen molar-refractivity contribution in [1.82, 2.24) is 4.90 Å². The molecule has 0 amide bonds. The topological polar surface area (TPSA) is 58.7 Å². The monoisotopic (exact) mass is 238 g/mol. The van der Waals surface area contributed by atoms with Gasteiger partial charge in [-0.15, -0.1) is 0 Å². The number of nitrogens with zero attached hydrogens (tertiary/aromatic N) is 1. The number of hydrogen-bond acceptors (Lipinski definition) is 4. The molecule has 1 aromatic rings. The second-order valence-corrected chi connectivity index (χ2v) is 3.90. The Bertz CT molecular complexity index is 293. The molecule has 0 heterocycles. The molecule has 0 radical (unpaired) electrons. The SMILES string of the molecule is CCN(CCN)C(O)COCc1ccccc1. The summed E-state index contributed by atoms with van der Waals surface area (Å²) in [6.45, 7) is 4.83. The van der Waals surface area contributed by atoms with Crippen molar-refractivity contribution < 1.29 is 9.84 Å². The molecule has 3 N–H and O–H groups in total. The van der Waals surface area contributed by atoms with E-state index >= 15 is 0 Å². The van der Waals surface area contributed by atoms with Gasteiger partial charge in [0.1, 0.15) is 6.23 Å². The highest BCUT2D eigenvalue weighted by Gasteiger charge is 2.12. The highest BCUT2D eigenvalue weighted by atomic mass is 16.5. The Kier molecular flexibility index (Phi) is 6.81. The van der Waals surface area contributed by atoms with Gasteiger partial charge in [-0.1, -0.05) is 37.3 Å². The highest BCUT2D eigenvalue weighted by Crippen LogP contribution is 2.02. The van der Waals surface area contributed by atoms with Crippen LogP contribution >= 0.6 is 0 Å². The lowest BCUT2D eigenvalue weighted by Gasteiger charge is -2.25. The average molecular weight is 238 g/mol. The van der Waals surface area contributed by atoms with Crippen molar-refractivity contribution in [2.24, 2.45) is 5.73 Å². The maximum absolute atomic E-state index is 9.86. The first-order valence-corrected chi connectivity index (χ1v) is 6.01. The van der Waals surface area contributed by atoms with E-state index in [1.54, 1.807) is 0 Å². The first kappa shape index (κ1) is 14.1. The predicted molar refractivity (Wildman–Crippen MR) is 68.4 cm³/mol. The Hall–Kier alpha value is -0.940. The van der Waals surface area contributed by atoms with Gasteiger partial charge in [-0.25, -0.2) is 0 Å². The molecule has 96 valence electrons. The molecule has 0 saturated heterocycles. The molecule has 0 saturated carbocycles. The van der Waals surface area contributed by atoms with Gasteiger partial charge in [-0.2, -0.15) is 0 Å². The highest BCUT2D eigenvalue weighted by molar-refractivity contribution is 5.13. The first-order valence-electron chi connectivity index (χ1n) is 6.01. The molecule has 0 aliphatic carbocycles. The summed E-state index contributed by atoms with van der Waals surface area (Å²) in [5, 5.41) is 9.86. The third-order valence-corrected chi connectivity index (χ3v) is 2.62. The van der Waals surface area contributed by atoms with E-state index in [4.69, 9.17) is 10.5 Å². The molecule has 17 heavy (non-hydrogen) atoms. The van der Waals surface area contributed by atoms with Crippen molar-refractivity contribution in [3.63, 3.8) is 0 Å². The van der Waals surface area contributed by atoms with Crippen LogP contribution in [0.15, 0.2) is 30.3 Å². The van der Waals surface area contributed by atoms with E-state index in [0.717, 1.165) is 12.1 Å². The summed E-state index contributed by atoms with van der Waals surface area (Å²) >= 11 is 0. The van der Waals surface area contributed by atoms with Crippen LogP contribution in [-0.4, -0.2) is 42.5 Å². The molecule has 0 aliphatic rings. The minimum Gasteiger partial charge on any atom is -0.376 e. The molecule has 0 aliphatic heterocycles. The first-order chi connectivity index (χ1) is 8.27. The summed E-state index contributed by atoms with van der Waals surface area (Å²) < 4.78 is 5.48. The smallest absolute Gasteiger partial charge is 0.131 e. The predicted octanol–water partition coefficient (Wildman–Crippen LogP) is 0.802. The van der Waals surface area contributed by atoms with Gasteiger partial charge in [-0.3, -0.25) is 4.90 Å². The largest absolute Gasteiger partial charge is 0.376 e. The summed E-state index contributed by atoms with van der Waals surface area (Å²) in [7, 11) is 0. The van der Waals surface area contributed by atoms with E-state index < -0.39 is 6.23 Å². The van der Waals surface area contributed by atoms with Gasteiger partial charge in [0.15, 0.2) is 0 Å². The number of benzene rings is 1. The van der Waals surface area contributed by atoms with Crippen LogP contribution in [0.5, 0.6) is 0 Å². The molecule has 1 aromatic carbocycles. The zero-order valence-electron chi connectivity index (χ0n) is 10.4. The number of hydrogen-bond donors (Lipinski definition) is 2. The fourth-order valence-electron chi connectivity index (χ4n) is 1.65. The van der Waals surface area contributed by atoms with Crippen molar-refractivity contribution in [1.29, 1.82) is 0 Å². The van der Waals surface area contributed by atoms with E-state index in [1.807, 2.05) is 42.2 Å². The number of aliphatic hydroxyl groups excluding tert-OH is 1. The van der Waals surface area contributed by atoms with E-state index in [0.29, 0.717) is 26.3 Å². The average Bonchev–Trinajstić information content (AvgIpc) is 2.37. The standard InChI is InChI=1S/C13H22N2O2/c1-2-15(9-8-14)13(16)11-17-10-12-6-4-3-5-7-12/h3-7,13,16H,2,8-11,14H2,1H3. The zero-order valence-corrected chi connectivity index (χ0v) is 10.4. The normalized spacial score (nSPS) is 12.9. The summed E-state index contributed by atoms with van der Waals surface area (Å²) in [5.41, 5.74) is 6.58. The lowest BCUT2D eigenvalue weighted by atomic mass is 10.2. The van der Waals surface area contributed by atoms with Crippen molar-refractivity contribution in [2.75, 3.05) is 26.2 Å². The molecule has 1 unspecified atom stereocenters. The number of ether oxygens (including phenoxy) is 1. The van der Waals surface area contributed by atoms with E-state index in [9.17, 15) is 5.11 Å². The Balaban J connectivity index is 2.25. The molecule has 4 heteroatoms. The van der Waals surface area contributed by atoms with Crippen molar-refractivity contribution in [2.45, 2.75) is 19.8 Å². The fraction of sp³-hybridized carbons (Fsp3) is 0.538. The third-order valence-electron chi connectivity index (χ3n) is 2.62. The van der Waals surface area contributed by atoms with E-state index in [1.165, 1.54) is 0 Å². The molecule has 4 nitrogen and oxygen atoms in total. The molecule has 1 rings (SSSR count).